The van der Waals surface area contributed by atoms with Crippen LogP contribution in [0.4, 0.5) is 40.0 Å². The lowest BCUT2D eigenvalue weighted by Gasteiger charge is -2.24. The first-order chi connectivity index (χ1) is 18.8. The molecule has 3 amide bonds. The summed E-state index contributed by atoms with van der Waals surface area (Å²) in [6, 6.07) is 8.90. The smallest absolute Gasteiger partial charge is 0.416 e. The standard InChI is InChI=1S/C26H26F3N7O4/c1-25(2,3)40-24(39)35(4)21-20-22(31-13-30-21)36(14-32-20)18-9-7-16(8-10-18)33-23(38)34-17-6-5-15(12-37)19(11-17)26(27,28)29/h5-11,13-14,37H,12H2,1-4H3,(H2,33,34,38). The van der Waals surface area contributed by atoms with Crippen LogP contribution in [-0.4, -0.2) is 49.4 Å². The monoisotopic (exact) mass is 557 g/mol. The maximum atomic E-state index is 13.2. The van der Waals surface area contributed by atoms with Crippen LogP contribution in [-0.2, 0) is 17.5 Å². The zero-order chi connectivity index (χ0) is 29.2. The number of rotatable bonds is 5. The van der Waals surface area contributed by atoms with Crippen LogP contribution >= 0.6 is 0 Å². The molecule has 11 nitrogen and oxygen atoms in total. The molecule has 0 spiro atoms. The quantitative estimate of drug-likeness (QED) is 0.301. The molecule has 0 aliphatic rings. The number of aliphatic hydroxyl groups excluding tert-OH is 1. The summed E-state index contributed by atoms with van der Waals surface area (Å²) < 4.78 is 46.8. The first kappa shape index (κ1) is 28.3. The minimum atomic E-state index is -4.68. The van der Waals surface area contributed by atoms with E-state index < -0.39 is 36.1 Å². The lowest BCUT2D eigenvalue weighted by molar-refractivity contribution is -0.138. The van der Waals surface area contributed by atoms with Crippen LogP contribution in [0.3, 0.4) is 0 Å². The number of carbonyl (C=O) groups is 2. The number of fused-ring (bicyclic) bond motifs is 1. The van der Waals surface area contributed by atoms with E-state index in [0.29, 0.717) is 22.5 Å². The number of imidazole rings is 1. The van der Waals surface area contributed by atoms with E-state index in [0.717, 1.165) is 12.1 Å². The molecular weight excluding hydrogens is 531 g/mol. The molecule has 2 heterocycles. The SMILES string of the molecule is CN(C(=O)OC(C)(C)C)c1ncnc2c1ncn2-c1ccc(NC(=O)Nc2ccc(CO)c(C(F)(F)F)c2)cc1. The van der Waals surface area contributed by atoms with Gasteiger partial charge >= 0.3 is 18.3 Å². The van der Waals surface area contributed by atoms with E-state index in [2.05, 4.69) is 25.6 Å². The minimum absolute atomic E-state index is 0.0876. The van der Waals surface area contributed by atoms with Gasteiger partial charge in [-0.1, -0.05) is 6.07 Å². The van der Waals surface area contributed by atoms with Crippen molar-refractivity contribution in [3.63, 3.8) is 0 Å². The lowest BCUT2D eigenvalue weighted by Crippen LogP contribution is -2.34. The molecule has 0 aliphatic heterocycles. The largest absolute Gasteiger partial charge is 0.443 e. The Morgan fingerprint density at radius 3 is 2.27 bits per heavy atom. The summed E-state index contributed by atoms with van der Waals surface area (Å²) in [5.74, 6) is 0.258. The molecule has 0 radical (unpaired) electrons. The summed E-state index contributed by atoms with van der Waals surface area (Å²) in [4.78, 5) is 39.0. The van der Waals surface area contributed by atoms with Gasteiger partial charge in [-0.25, -0.2) is 24.5 Å². The van der Waals surface area contributed by atoms with Crippen molar-refractivity contribution in [3.8, 4) is 5.69 Å². The van der Waals surface area contributed by atoms with Crippen LogP contribution < -0.4 is 15.5 Å². The summed E-state index contributed by atoms with van der Waals surface area (Å²) in [5.41, 5.74) is -0.325. The molecule has 210 valence electrons. The molecule has 0 saturated heterocycles. The number of nitrogens with one attached hydrogen (secondary N) is 2. The van der Waals surface area contributed by atoms with E-state index in [1.54, 1.807) is 49.6 Å². The van der Waals surface area contributed by atoms with Gasteiger partial charge in [0.15, 0.2) is 17.0 Å². The third kappa shape index (κ3) is 6.29. The molecule has 0 saturated carbocycles. The Bertz CT molecular complexity index is 1550. The Morgan fingerprint density at radius 2 is 1.65 bits per heavy atom. The summed E-state index contributed by atoms with van der Waals surface area (Å²) in [5, 5.41) is 14.1. The van der Waals surface area contributed by atoms with Gasteiger partial charge in [0.25, 0.3) is 0 Å². The van der Waals surface area contributed by atoms with E-state index >= 15 is 0 Å². The van der Waals surface area contributed by atoms with E-state index in [9.17, 15) is 22.8 Å². The van der Waals surface area contributed by atoms with Gasteiger partial charge in [0.05, 0.1) is 12.2 Å². The number of ether oxygens (including phenoxy) is 1. The highest BCUT2D eigenvalue weighted by atomic mass is 19.4. The van der Waals surface area contributed by atoms with Crippen molar-refractivity contribution in [1.82, 2.24) is 19.5 Å². The molecule has 0 aliphatic carbocycles. The second-order valence-corrected chi connectivity index (χ2v) is 9.68. The Hall–Kier alpha value is -4.72. The lowest BCUT2D eigenvalue weighted by atomic mass is 10.1. The maximum absolute atomic E-state index is 13.2. The fraction of sp³-hybridized carbons (Fsp3) is 0.269. The number of aromatic nitrogens is 4. The van der Waals surface area contributed by atoms with Gasteiger partial charge in [0.2, 0.25) is 0 Å². The normalized spacial score (nSPS) is 11.8. The molecule has 40 heavy (non-hydrogen) atoms. The van der Waals surface area contributed by atoms with Crippen LogP contribution in [0.1, 0.15) is 31.9 Å². The topological polar surface area (TPSA) is 134 Å². The van der Waals surface area contributed by atoms with Gasteiger partial charge in [0, 0.05) is 24.1 Å². The predicted molar refractivity (Wildman–Crippen MR) is 141 cm³/mol. The van der Waals surface area contributed by atoms with Gasteiger partial charge in [-0.3, -0.25) is 9.47 Å². The maximum Gasteiger partial charge on any atom is 0.416 e. The van der Waals surface area contributed by atoms with Gasteiger partial charge < -0.3 is 20.5 Å². The molecule has 14 heteroatoms. The number of benzene rings is 2. The number of amides is 3. The van der Waals surface area contributed by atoms with E-state index in [1.807, 2.05) is 0 Å². The Kier molecular flexibility index (Phi) is 7.64. The highest BCUT2D eigenvalue weighted by molar-refractivity contribution is 6.00. The molecule has 4 rings (SSSR count). The van der Waals surface area contributed by atoms with Crippen molar-refractivity contribution in [2.75, 3.05) is 22.6 Å². The highest BCUT2D eigenvalue weighted by Gasteiger charge is 2.33. The third-order valence-corrected chi connectivity index (χ3v) is 5.55. The van der Waals surface area contributed by atoms with Crippen molar-refractivity contribution in [1.29, 1.82) is 0 Å². The second kappa shape index (κ2) is 10.8. The Morgan fingerprint density at radius 1 is 1.00 bits per heavy atom. The first-order valence-corrected chi connectivity index (χ1v) is 11.9. The first-order valence-electron chi connectivity index (χ1n) is 11.9. The summed E-state index contributed by atoms with van der Waals surface area (Å²) in [6.07, 6.45) is -2.48. The number of hydrogen-bond donors (Lipinski definition) is 3. The summed E-state index contributed by atoms with van der Waals surface area (Å²) in [7, 11) is 1.52. The zero-order valence-corrected chi connectivity index (χ0v) is 21.9. The van der Waals surface area contributed by atoms with Gasteiger partial charge in [-0.05, 0) is 62.7 Å². The molecular formula is C26H26F3N7O4. The molecule has 4 aromatic rings. The Balaban J connectivity index is 1.49. The molecule has 3 N–H and O–H groups in total. The van der Waals surface area contributed by atoms with Crippen molar-refractivity contribution in [3.05, 3.63) is 66.2 Å². The van der Waals surface area contributed by atoms with Crippen molar-refractivity contribution >= 4 is 40.5 Å². The van der Waals surface area contributed by atoms with E-state index in [4.69, 9.17) is 9.84 Å². The molecule has 0 unspecified atom stereocenters. The van der Waals surface area contributed by atoms with Crippen LogP contribution in [0, 0.1) is 0 Å². The molecule has 0 bridgehead atoms. The van der Waals surface area contributed by atoms with E-state index in [-0.39, 0.29) is 17.1 Å². The number of aliphatic hydroxyl groups is 1. The van der Waals surface area contributed by atoms with Crippen LogP contribution in [0.25, 0.3) is 16.9 Å². The van der Waals surface area contributed by atoms with Gasteiger partial charge in [-0.2, -0.15) is 13.2 Å². The van der Waals surface area contributed by atoms with E-state index in [1.165, 1.54) is 30.7 Å². The van der Waals surface area contributed by atoms with Crippen LogP contribution in [0.15, 0.2) is 55.1 Å². The fourth-order valence-corrected chi connectivity index (χ4v) is 3.73. The zero-order valence-electron chi connectivity index (χ0n) is 21.9. The average Bonchev–Trinajstić information content (AvgIpc) is 3.31. The highest BCUT2D eigenvalue weighted by Crippen LogP contribution is 2.34. The number of alkyl halides is 3. The van der Waals surface area contributed by atoms with Gasteiger partial charge in [0.1, 0.15) is 18.3 Å². The minimum Gasteiger partial charge on any atom is -0.443 e. The number of anilines is 3. The number of urea groups is 1. The van der Waals surface area contributed by atoms with Crippen molar-refractivity contribution in [2.45, 2.75) is 39.2 Å². The number of halogens is 3. The number of nitrogens with zero attached hydrogens (tertiary/aromatic N) is 5. The molecule has 0 atom stereocenters. The molecule has 0 fully saturated rings. The average molecular weight is 558 g/mol. The summed E-state index contributed by atoms with van der Waals surface area (Å²) >= 11 is 0. The van der Waals surface area contributed by atoms with Crippen LogP contribution in [0.5, 0.6) is 0 Å². The number of carbonyl (C=O) groups excluding carboxylic acids is 2. The number of hydrogen-bond acceptors (Lipinski definition) is 7. The fourth-order valence-electron chi connectivity index (χ4n) is 3.73. The van der Waals surface area contributed by atoms with Gasteiger partial charge in [-0.15, -0.1) is 0 Å². The summed E-state index contributed by atoms with van der Waals surface area (Å²) in [6.45, 7) is 4.48. The molecule has 2 aromatic carbocycles. The Labute approximate surface area is 226 Å². The molecule has 2 aromatic heterocycles. The second-order valence-electron chi connectivity index (χ2n) is 9.68. The third-order valence-electron chi connectivity index (χ3n) is 5.55. The predicted octanol–water partition coefficient (Wildman–Crippen LogP) is 5.34. The van der Waals surface area contributed by atoms with Crippen molar-refractivity contribution in [2.24, 2.45) is 0 Å². The van der Waals surface area contributed by atoms with Crippen molar-refractivity contribution < 1.29 is 32.6 Å². The van der Waals surface area contributed by atoms with Crippen LogP contribution in [0.2, 0.25) is 0 Å².